The Morgan fingerprint density at radius 3 is 2.29 bits per heavy atom. The number of fused-ring (bicyclic) bond motifs is 3. The van der Waals surface area contributed by atoms with Gasteiger partial charge in [-0.25, -0.2) is 14.6 Å². The number of benzene rings is 2. The fourth-order valence-electron chi connectivity index (χ4n) is 3.98. The average Bonchev–Trinajstić information content (AvgIpc) is 3.39. The van der Waals surface area contributed by atoms with Gasteiger partial charge in [0.15, 0.2) is 5.69 Å². The second-order valence-electron chi connectivity index (χ2n) is 7.71. The molecule has 1 amide bonds. The number of carbonyl (C=O) groups excluding carboxylic acids is 1. The van der Waals surface area contributed by atoms with Crippen LogP contribution in [0.25, 0.3) is 11.1 Å². The number of hydrogen-bond donors (Lipinski definition) is 2. The van der Waals surface area contributed by atoms with E-state index in [4.69, 9.17) is 14.3 Å². The lowest BCUT2D eigenvalue weighted by Gasteiger charge is -2.22. The smallest absolute Gasteiger partial charge is 0.407 e. The lowest BCUT2D eigenvalue weighted by Crippen LogP contribution is -2.34. The molecule has 1 aliphatic carbocycles. The SMILES string of the molecule is CCC(C)[C@H](NC(=O)OCC1c2ccccc2-c2ccccc21)c1nc(C(=O)O)co1. The third-order valence-electron chi connectivity index (χ3n) is 5.84. The molecule has 1 aromatic heterocycles. The summed E-state index contributed by atoms with van der Waals surface area (Å²) in [6.45, 7) is 4.09. The van der Waals surface area contributed by atoms with Crippen LogP contribution in [-0.2, 0) is 4.74 Å². The molecule has 4 rings (SSSR count). The van der Waals surface area contributed by atoms with Gasteiger partial charge in [-0.15, -0.1) is 0 Å². The van der Waals surface area contributed by atoms with E-state index in [1.165, 1.54) is 0 Å². The van der Waals surface area contributed by atoms with Gasteiger partial charge in [0.05, 0.1) is 0 Å². The van der Waals surface area contributed by atoms with E-state index in [1.807, 2.05) is 38.1 Å². The zero-order chi connectivity index (χ0) is 22.0. The van der Waals surface area contributed by atoms with Crippen LogP contribution in [0.3, 0.4) is 0 Å². The monoisotopic (exact) mass is 420 g/mol. The van der Waals surface area contributed by atoms with E-state index < -0.39 is 18.1 Å². The number of alkyl carbamates (subject to hydrolysis) is 1. The Morgan fingerprint density at radius 2 is 1.74 bits per heavy atom. The van der Waals surface area contributed by atoms with Crippen LogP contribution in [0.4, 0.5) is 4.79 Å². The van der Waals surface area contributed by atoms with Crippen molar-refractivity contribution in [2.24, 2.45) is 5.92 Å². The molecule has 1 aliphatic rings. The van der Waals surface area contributed by atoms with Crippen molar-refractivity contribution in [2.45, 2.75) is 32.2 Å². The van der Waals surface area contributed by atoms with Gasteiger partial charge in [-0.05, 0) is 28.2 Å². The van der Waals surface area contributed by atoms with Crippen molar-refractivity contribution in [1.82, 2.24) is 10.3 Å². The highest BCUT2D eigenvalue weighted by molar-refractivity contribution is 5.84. The van der Waals surface area contributed by atoms with Crippen LogP contribution in [0, 0.1) is 5.92 Å². The van der Waals surface area contributed by atoms with E-state index in [1.54, 1.807) is 0 Å². The Balaban J connectivity index is 1.48. The largest absolute Gasteiger partial charge is 0.476 e. The highest BCUT2D eigenvalue weighted by atomic mass is 16.5. The number of aromatic carboxylic acids is 1. The molecule has 0 bridgehead atoms. The van der Waals surface area contributed by atoms with Crippen LogP contribution in [0.5, 0.6) is 0 Å². The van der Waals surface area contributed by atoms with Gasteiger partial charge in [0.1, 0.15) is 18.9 Å². The zero-order valence-corrected chi connectivity index (χ0v) is 17.4. The molecule has 2 aromatic carbocycles. The lowest BCUT2D eigenvalue weighted by atomic mass is 9.98. The minimum absolute atomic E-state index is 0.0271. The van der Waals surface area contributed by atoms with Gasteiger partial charge in [-0.2, -0.15) is 0 Å². The van der Waals surface area contributed by atoms with Crippen LogP contribution in [0.2, 0.25) is 0 Å². The van der Waals surface area contributed by atoms with Crippen LogP contribution in [-0.4, -0.2) is 28.8 Å². The topological polar surface area (TPSA) is 102 Å². The third-order valence-corrected chi connectivity index (χ3v) is 5.84. The number of carboxylic acids is 1. The standard InChI is InChI=1S/C24H24N2O5/c1-3-14(2)21(22-25-20(13-30-22)23(27)28)26-24(29)31-12-19-17-10-6-4-8-15(17)16-9-5-7-11-18(16)19/h4-11,13-14,19,21H,3,12H2,1-2H3,(H,26,29)(H,27,28)/t14?,21-/m0/s1. The average molecular weight is 420 g/mol. The predicted octanol–water partition coefficient (Wildman–Crippen LogP) is 5.00. The Bertz CT molecular complexity index is 1060. The number of aromatic nitrogens is 1. The first-order valence-electron chi connectivity index (χ1n) is 10.3. The second-order valence-corrected chi connectivity index (χ2v) is 7.71. The van der Waals surface area contributed by atoms with Crippen molar-refractivity contribution in [3.8, 4) is 11.1 Å². The maximum atomic E-state index is 12.6. The Kier molecular flexibility index (Phi) is 5.75. The number of hydrogen-bond acceptors (Lipinski definition) is 5. The molecular weight excluding hydrogens is 396 g/mol. The Labute approximate surface area is 180 Å². The molecule has 1 heterocycles. The number of nitrogens with one attached hydrogen (secondary N) is 1. The number of oxazole rings is 1. The highest BCUT2D eigenvalue weighted by Crippen LogP contribution is 2.44. The van der Waals surface area contributed by atoms with Crippen molar-refractivity contribution in [2.75, 3.05) is 6.61 Å². The lowest BCUT2D eigenvalue weighted by molar-refractivity contribution is 0.0690. The second kappa shape index (κ2) is 8.63. The molecule has 0 spiro atoms. The molecule has 0 saturated carbocycles. The van der Waals surface area contributed by atoms with E-state index in [9.17, 15) is 9.59 Å². The van der Waals surface area contributed by atoms with Crippen molar-refractivity contribution in [3.63, 3.8) is 0 Å². The minimum atomic E-state index is -1.18. The van der Waals surface area contributed by atoms with Crippen molar-refractivity contribution < 1.29 is 23.8 Å². The first kappa shape index (κ1) is 20.7. The van der Waals surface area contributed by atoms with Gasteiger partial charge in [-0.3, -0.25) is 0 Å². The number of carboxylic acid groups (broad SMARTS) is 1. The van der Waals surface area contributed by atoms with Crippen molar-refractivity contribution in [3.05, 3.63) is 77.5 Å². The van der Waals surface area contributed by atoms with Gasteiger partial charge in [-0.1, -0.05) is 68.8 Å². The summed E-state index contributed by atoms with van der Waals surface area (Å²) < 4.78 is 10.9. The van der Waals surface area contributed by atoms with Crippen LogP contribution in [0.15, 0.2) is 59.2 Å². The maximum absolute atomic E-state index is 12.6. The number of carbonyl (C=O) groups is 2. The van der Waals surface area contributed by atoms with Gasteiger partial charge < -0.3 is 19.6 Å². The number of amides is 1. The van der Waals surface area contributed by atoms with E-state index in [0.717, 1.165) is 34.9 Å². The number of rotatable bonds is 7. The summed E-state index contributed by atoms with van der Waals surface area (Å²) >= 11 is 0. The minimum Gasteiger partial charge on any atom is -0.476 e. The molecule has 2 atom stereocenters. The van der Waals surface area contributed by atoms with Gasteiger partial charge in [0, 0.05) is 5.92 Å². The van der Waals surface area contributed by atoms with Gasteiger partial charge >= 0.3 is 12.1 Å². The number of ether oxygens (including phenoxy) is 1. The van der Waals surface area contributed by atoms with Gasteiger partial charge in [0.2, 0.25) is 5.89 Å². The molecule has 0 fully saturated rings. The zero-order valence-electron chi connectivity index (χ0n) is 17.4. The molecule has 2 N–H and O–H groups in total. The third kappa shape index (κ3) is 4.03. The summed E-state index contributed by atoms with van der Waals surface area (Å²) in [5, 5.41) is 11.9. The normalized spacial score (nSPS) is 14.4. The summed E-state index contributed by atoms with van der Waals surface area (Å²) in [5.74, 6) is -1.10. The Morgan fingerprint density at radius 1 is 1.13 bits per heavy atom. The van der Waals surface area contributed by atoms with E-state index in [-0.39, 0.29) is 30.0 Å². The highest BCUT2D eigenvalue weighted by Gasteiger charge is 2.30. The molecule has 0 saturated heterocycles. The summed E-state index contributed by atoms with van der Waals surface area (Å²) in [5.41, 5.74) is 4.39. The number of nitrogens with zero attached hydrogens (tertiary/aromatic N) is 1. The van der Waals surface area contributed by atoms with Crippen molar-refractivity contribution in [1.29, 1.82) is 0 Å². The fraction of sp³-hybridized carbons (Fsp3) is 0.292. The summed E-state index contributed by atoms with van der Waals surface area (Å²) in [6.07, 6.45) is 1.22. The molecule has 3 aromatic rings. The van der Waals surface area contributed by atoms with E-state index >= 15 is 0 Å². The molecule has 0 aliphatic heterocycles. The fourth-order valence-corrected chi connectivity index (χ4v) is 3.98. The van der Waals surface area contributed by atoms with Crippen LogP contribution < -0.4 is 5.32 Å². The first-order chi connectivity index (χ1) is 15.0. The van der Waals surface area contributed by atoms with Crippen LogP contribution >= 0.6 is 0 Å². The quantitative estimate of drug-likeness (QED) is 0.558. The molecule has 7 heteroatoms. The van der Waals surface area contributed by atoms with Crippen molar-refractivity contribution >= 4 is 12.1 Å². The molecule has 31 heavy (non-hydrogen) atoms. The molecule has 1 unspecified atom stereocenters. The molecule has 0 radical (unpaired) electrons. The Hall–Kier alpha value is -3.61. The van der Waals surface area contributed by atoms with Crippen LogP contribution in [0.1, 0.15) is 59.7 Å². The molecular formula is C24H24N2O5. The summed E-state index contributed by atoms with van der Waals surface area (Å²) in [6, 6.07) is 15.7. The van der Waals surface area contributed by atoms with E-state index in [2.05, 4.69) is 34.6 Å². The summed E-state index contributed by atoms with van der Waals surface area (Å²) in [4.78, 5) is 27.8. The van der Waals surface area contributed by atoms with E-state index in [0.29, 0.717) is 0 Å². The predicted molar refractivity (Wildman–Crippen MR) is 114 cm³/mol. The van der Waals surface area contributed by atoms with Gasteiger partial charge in [0.25, 0.3) is 0 Å². The summed E-state index contributed by atoms with van der Waals surface area (Å²) in [7, 11) is 0. The first-order valence-corrected chi connectivity index (χ1v) is 10.3. The molecule has 7 nitrogen and oxygen atoms in total. The maximum Gasteiger partial charge on any atom is 0.407 e. The molecule has 160 valence electrons.